The van der Waals surface area contributed by atoms with Crippen LogP contribution in [0, 0.1) is 6.92 Å². The number of aromatic nitrogens is 2. The summed E-state index contributed by atoms with van der Waals surface area (Å²) in [5.74, 6) is 0.220. The maximum atomic E-state index is 12.6. The van der Waals surface area contributed by atoms with Crippen molar-refractivity contribution in [1.29, 1.82) is 0 Å². The average molecular weight is 334 g/mol. The van der Waals surface area contributed by atoms with Crippen molar-refractivity contribution in [2.75, 3.05) is 39.3 Å². The summed E-state index contributed by atoms with van der Waals surface area (Å²) < 4.78 is 7.85. The molecule has 134 valence electrons. The molecule has 6 heteroatoms. The zero-order chi connectivity index (χ0) is 16.8. The number of likely N-dealkylation sites (tertiary alicyclic amines) is 1. The third kappa shape index (κ3) is 5.05. The van der Waals surface area contributed by atoms with Crippen LogP contribution >= 0.6 is 0 Å². The van der Waals surface area contributed by atoms with Crippen molar-refractivity contribution < 1.29 is 9.53 Å². The first-order chi connectivity index (χ1) is 11.7. The lowest BCUT2D eigenvalue weighted by Gasteiger charge is -2.31. The van der Waals surface area contributed by atoms with Gasteiger partial charge in [0.05, 0.1) is 11.8 Å². The number of hydrogen-bond acceptors (Lipinski definition) is 4. The number of ether oxygens (including phenoxy) is 1. The van der Waals surface area contributed by atoms with Gasteiger partial charge in [0.15, 0.2) is 0 Å². The Hall–Kier alpha value is -1.40. The molecule has 0 saturated carbocycles. The van der Waals surface area contributed by atoms with E-state index >= 15 is 0 Å². The van der Waals surface area contributed by atoms with Gasteiger partial charge in [-0.3, -0.25) is 9.48 Å². The molecule has 1 amide bonds. The molecule has 0 radical (unpaired) electrons. The van der Waals surface area contributed by atoms with Gasteiger partial charge in [-0.1, -0.05) is 6.42 Å². The predicted octanol–water partition coefficient (Wildman–Crippen LogP) is 1.69. The van der Waals surface area contributed by atoms with Gasteiger partial charge in [-0.25, -0.2) is 0 Å². The zero-order valence-electron chi connectivity index (χ0n) is 14.8. The van der Waals surface area contributed by atoms with Crippen LogP contribution in [0.15, 0.2) is 12.3 Å². The van der Waals surface area contributed by atoms with Crippen molar-refractivity contribution in [1.82, 2.24) is 19.6 Å². The molecule has 3 heterocycles. The van der Waals surface area contributed by atoms with Gasteiger partial charge in [0.1, 0.15) is 0 Å². The van der Waals surface area contributed by atoms with E-state index in [1.54, 1.807) is 0 Å². The van der Waals surface area contributed by atoms with E-state index in [4.69, 9.17) is 4.74 Å². The van der Waals surface area contributed by atoms with Crippen LogP contribution < -0.4 is 0 Å². The van der Waals surface area contributed by atoms with Crippen LogP contribution in [0.3, 0.4) is 0 Å². The molecule has 3 rings (SSSR count). The topological polar surface area (TPSA) is 50.6 Å². The lowest BCUT2D eigenvalue weighted by Crippen LogP contribution is -2.44. The second kappa shape index (κ2) is 8.62. The molecule has 0 aromatic carbocycles. The Balaban J connectivity index is 1.48. The number of rotatable bonds is 5. The molecular weight excluding hydrogens is 304 g/mol. The first kappa shape index (κ1) is 17.4. The Morgan fingerprint density at radius 3 is 2.83 bits per heavy atom. The van der Waals surface area contributed by atoms with Gasteiger partial charge in [0.25, 0.3) is 0 Å². The summed E-state index contributed by atoms with van der Waals surface area (Å²) >= 11 is 0. The van der Waals surface area contributed by atoms with E-state index in [-0.39, 0.29) is 12.0 Å². The van der Waals surface area contributed by atoms with Gasteiger partial charge in [-0.05, 0) is 45.3 Å². The summed E-state index contributed by atoms with van der Waals surface area (Å²) in [6.45, 7) is 8.24. The fourth-order valence-corrected chi connectivity index (χ4v) is 3.62. The lowest BCUT2D eigenvalue weighted by atomic mass is 10.1. The van der Waals surface area contributed by atoms with E-state index in [2.05, 4.69) is 10.00 Å². The minimum atomic E-state index is 0.154. The highest BCUT2D eigenvalue weighted by Crippen LogP contribution is 2.13. The normalized spacial score (nSPS) is 23.2. The number of carbonyl (C=O) groups excluding carboxylic acids is 1. The van der Waals surface area contributed by atoms with Crippen LogP contribution in [0.2, 0.25) is 0 Å². The zero-order valence-corrected chi connectivity index (χ0v) is 14.8. The highest BCUT2D eigenvalue weighted by atomic mass is 16.5. The fourth-order valence-electron chi connectivity index (χ4n) is 3.62. The molecule has 2 saturated heterocycles. The first-order valence-corrected chi connectivity index (χ1v) is 9.32. The summed E-state index contributed by atoms with van der Waals surface area (Å²) in [6, 6.07) is 1.97. The van der Waals surface area contributed by atoms with Gasteiger partial charge < -0.3 is 14.5 Å². The molecule has 0 bridgehead atoms. The lowest BCUT2D eigenvalue weighted by molar-refractivity contribution is -0.132. The maximum absolute atomic E-state index is 12.6. The van der Waals surface area contributed by atoms with E-state index in [1.807, 2.05) is 28.8 Å². The molecule has 1 aromatic heterocycles. The van der Waals surface area contributed by atoms with Crippen molar-refractivity contribution in [3.8, 4) is 0 Å². The van der Waals surface area contributed by atoms with E-state index in [0.29, 0.717) is 13.0 Å². The largest absolute Gasteiger partial charge is 0.375 e. The number of piperidine rings is 1. The summed E-state index contributed by atoms with van der Waals surface area (Å²) in [7, 11) is 0. The smallest absolute Gasteiger partial charge is 0.224 e. The van der Waals surface area contributed by atoms with E-state index < -0.39 is 0 Å². The van der Waals surface area contributed by atoms with Crippen LogP contribution in [0.25, 0.3) is 0 Å². The van der Waals surface area contributed by atoms with Crippen LogP contribution in [-0.4, -0.2) is 70.9 Å². The molecule has 2 fully saturated rings. The fraction of sp³-hybridized carbons (Fsp3) is 0.778. The van der Waals surface area contributed by atoms with Crippen LogP contribution in [0.4, 0.5) is 0 Å². The first-order valence-electron chi connectivity index (χ1n) is 9.32. The Kier molecular flexibility index (Phi) is 6.26. The number of carbonyl (C=O) groups is 1. The number of nitrogens with zero attached hydrogens (tertiary/aromatic N) is 4. The summed E-state index contributed by atoms with van der Waals surface area (Å²) in [6.07, 6.45) is 7.46. The molecule has 0 spiro atoms. The minimum absolute atomic E-state index is 0.154. The van der Waals surface area contributed by atoms with E-state index in [1.165, 1.54) is 32.4 Å². The molecular formula is C18H30N4O2. The Morgan fingerprint density at radius 1 is 1.25 bits per heavy atom. The molecule has 1 aromatic rings. The Labute approximate surface area is 144 Å². The number of amides is 1. The molecule has 24 heavy (non-hydrogen) atoms. The molecule has 6 nitrogen and oxygen atoms in total. The molecule has 0 aliphatic carbocycles. The van der Waals surface area contributed by atoms with Crippen LogP contribution in [0.1, 0.15) is 37.8 Å². The average Bonchev–Trinajstić information content (AvgIpc) is 2.87. The summed E-state index contributed by atoms with van der Waals surface area (Å²) in [5.41, 5.74) is 0.993. The van der Waals surface area contributed by atoms with Gasteiger partial charge in [-0.2, -0.15) is 5.10 Å². The summed E-state index contributed by atoms with van der Waals surface area (Å²) in [5, 5.41) is 4.35. The number of hydrogen-bond donors (Lipinski definition) is 0. The quantitative estimate of drug-likeness (QED) is 0.822. The van der Waals surface area contributed by atoms with Crippen molar-refractivity contribution in [2.24, 2.45) is 0 Å². The van der Waals surface area contributed by atoms with E-state index in [9.17, 15) is 4.79 Å². The highest BCUT2D eigenvalue weighted by molar-refractivity contribution is 5.76. The van der Waals surface area contributed by atoms with Crippen LogP contribution in [0.5, 0.6) is 0 Å². The van der Waals surface area contributed by atoms with Gasteiger partial charge in [0, 0.05) is 45.4 Å². The molecule has 0 unspecified atom stereocenters. The van der Waals surface area contributed by atoms with Gasteiger partial charge in [0.2, 0.25) is 5.91 Å². The van der Waals surface area contributed by atoms with E-state index in [0.717, 1.165) is 38.4 Å². The maximum Gasteiger partial charge on any atom is 0.224 e. The predicted molar refractivity (Wildman–Crippen MR) is 92.8 cm³/mol. The number of aryl methyl sites for hydroxylation is 2. The third-order valence-electron chi connectivity index (χ3n) is 4.94. The standard InChI is InChI=1S/C18H30N4O2/c1-16-6-11-22(19-16)12-7-18(23)21-10-5-13-24-17(15-21)14-20-8-3-2-4-9-20/h6,11,17H,2-5,7-10,12-15H2,1H3/t17-/m1/s1. The minimum Gasteiger partial charge on any atom is -0.375 e. The summed E-state index contributed by atoms with van der Waals surface area (Å²) in [4.78, 5) is 17.1. The third-order valence-corrected chi connectivity index (χ3v) is 4.94. The van der Waals surface area contributed by atoms with Gasteiger partial charge in [-0.15, -0.1) is 0 Å². The van der Waals surface area contributed by atoms with Crippen molar-refractivity contribution in [3.63, 3.8) is 0 Å². The molecule has 0 N–H and O–H groups in total. The molecule has 2 aliphatic rings. The molecule has 2 aliphatic heterocycles. The SMILES string of the molecule is Cc1ccn(CCC(=O)N2CCCO[C@H](CN3CCCCC3)C2)n1. The second-order valence-corrected chi connectivity index (χ2v) is 7.02. The monoisotopic (exact) mass is 334 g/mol. The Bertz CT molecular complexity index is 525. The highest BCUT2D eigenvalue weighted by Gasteiger charge is 2.24. The second-order valence-electron chi connectivity index (χ2n) is 7.02. The molecule has 1 atom stereocenters. The van der Waals surface area contributed by atoms with Gasteiger partial charge >= 0.3 is 0 Å². The Morgan fingerprint density at radius 2 is 2.08 bits per heavy atom. The van der Waals surface area contributed by atoms with Crippen molar-refractivity contribution in [2.45, 2.75) is 51.7 Å². The van der Waals surface area contributed by atoms with Crippen molar-refractivity contribution in [3.05, 3.63) is 18.0 Å². The van der Waals surface area contributed by atoms with Crippen molar-refractivity contribution >= 4 is 5.91 Å². The van der Waals surface area contributed by atoms with Crippen LogP contribution in [-0.2, 0) is 16.1 Å².